The number of nitrogens with one attached hydrogen (secondary N) is 1. The van der Waals surface area contributed by atoms with E-state index in [4.69, 9.17) is 21.1 Å². The molecule has 0 spiro atoms. The quantitative estimate of drug-likeness (QED) is 0.939. The number of fused-ring (bicyclic) bond motifs is 1. The second kappa shape index (κ2) is 5.73. The number of halogens is 1. The van der Waals surface area contributed by atoms with Crippen LogP contribution in [-0.4, -0.2) is 20.3 Å². The fourth-order valence-corrected chi connectivity index (χ4v) is 2.76. The molecule has 1 heterocycles. The molecule has 1 unspecified atom stereocenters. The first-order chi connectivity index (χ1) is 9.81. The number of rotatable bonds is 3. The maximum atomic E-state index is 6.32. The van der Waals surface area contributed by atoms with Crippen molar-refractivity contribution in [2.24, 2.45) is 0 Å². The lowest BCUT2D eigenvalue weighted by molar-refractivity contribution is 0.169. The summed E-state index contributed by atoms with van der Waals surface area (Å²) in [6.45, 7) is 1.16. The summed E-state index contributed by atoms with van der Waals surface area (Å²) in [6.07, 6.45) is 0. The average molecular weight is 290 g/mol. The zero-order valence-corrected chi connectivity index (χ0v) is 12.0. The first-order valence-electron chi connectivity index (χ1n) is 6.61. The fraction of sp³-hybridized carbons (Fsp3) is 0.250. The van der Waals surface area contributed by atoms with Gasteiger partial charge in [0.15, 0.2) is 11.5 Å². The Bertz CT molecular complexity index is 615. The summed E-state index contributed by atoms with van der Waals surface area (Å²) >= 11 is 6.32. The Labute approximate surface area is 123 Å². The minimum absolute atomic E-state index is 0.0275. The molecule has 104 valence electrons. The molecule has 1 aliphatic heterocycles. The molecule has 4 heteroatoms. The van der Waals surface area contributed by atoms with Crippen LogP contribution >= 0.6 is 11.6 Å². The van der Waals surface area contributed by atoms with E-state index in [0.29, 0.717) is 13.2 Å². The highest BCUT2D eigenvalue weighted by Gasteiger charge is 2.23. The molecule has 0 bridgehead atoms. The van der Waals surface area contributed by atoms with Crippen molar-refractivity contribution in [2.75, 3.05) is 20.3 Å². The average Bonchev–Trinajstić information content (AvgIpc) is 2.50. The summed E-state index contributed by atoms with van der Waals surface area (Å²) in [5.74, 6) is 1.60. The van der Waals surface area contributed by atoms with E-state index in [1.807, 2.05) is 49.5 Å². The normalized spacial score (nSPS) is 14.9. The summed E-state index contributed by atoms with van der Waals surface area (Å²) in [4.78, 5) is 0. The van der Waals surface area contributed by atoms with Gasteiger partial charge in [-0.2, -0.15) is 0 Å². The Morgan fingerprint density at radius 1 is 1.00 bits per heavy atom. The van der Waals surface area contributed by atoms with Crippen LogP contribution < -0.4 is 14.8 Å². The lowest BCUT2D eigenvalue weighted by Gasteiger charge is -2.25. The third-order valence-electron chi connectivity index (χ3n) is 3.41. The molecule has 2 aromatic carbocycles. The Balaban J connectivity index is 2.09. The van der Waals surface area contributed by atoms with Crippen molar-refractivity contribution in [3.05, 3.63) is 58.6 Å². The number of para-hydroxylation sites is 1. The van der Waals surface area contributed by atoms with E-state index < -0.39 is 0 Å². The molecule has 1 N–H and O–H groups in total. The van der Waals surface area contributed by atoms with Gasteiger partial charge in [0.1, 0.15) is 13.2 Å². The van der Waals surface area contributed by atoms with Gasteiger partial charge >= 0.3 is 0 Å². The first kappa shape index (κ1) is 13.3. The van der Waals surface area contributed by atoms with Gasteiger partial charge in [-0.15, -0.1) is 0 Å². The molecule has 0 saturated heterocycles. The van der Waals surface area contributed by atoms with Crippen LogP contribution in [0.25, 0.3) is 0 Å². The van der Waals surface area contributed by atoms with Gasteiger partial charge in [0.05, 0.1) is 6.04 Å². The highest BCUT2D eigenvalue weighted by atomic mass is 35.5. The number of hydrogen-bond acceptors (Lipinski definition) is 3. The van der Waals surface area contributed by atoms with E-state index in [9.17, 15) is 0 Å². The van der Waals surface area contributed by atoms with Crippen molar-refractivity contribution in [2.45, 2.75) is 6.04 Å². The van der Waals surface area contributed by atoms with Crippen LogP contribution in [0.1, 0.15) is 17.2 Å². The molecule has 0 radical (unpaired) electrons. The largest absolute Gasteiger partial charge is 0.486 e. The van der Waals surface area contributed by atoms with Crippen LogP contribution in [0.4, 0.5) is 0 Å². The SMILES string of the molecule is CNC(c1ccccc1Cl)c1cccc2c1OCCO2. The second-order valence-corrected chi connectivity index (χ2v) is 5.02. The van der Waals surface area contributed by atoms with Crippen LogP contribution in [0.3, 0.4) is 0 Å². The van der Waals surface area contributed by atoms with Crippen molar-refractivity contribution < 1.29 is 9.47 Å². The highest BCUT2D eigenvalue weighted by molar-refractivity contribution is 6.31. The molecule has 0 aromatic heterocycles. The number of ether oxygens (including phenoxy) is 2. The van der Waals surface area contributed by atoms with E-state index in [2.05, 4.69) is 5.32 Å². The van der Waals surface area contributed by atoms with Gasteiger partial charge < -0.3 is 14.8 Å². The smallest absolute Gasteiger partial charge is 0.166 e. The second-order valence-electron chi connectivity index (χ2n) is 4.61. The maximum Gasteiger partial charge on any atom is 0.166 e. The molecular weight excluding hydrogens is 274 g/mol. The van der Waals surface area contributed by atoms with Crippen LogP contribution in [0.15, 0.2) is 42.5 Å². The molecule has 20 heavy (non-hydrogen) atoms. The van der Waals surface area contributed by atoms with Crippen molar-refractivity contribution in [1.29, 1.82) is 0 Å². The zero-order valence-electron chi connectivity index (χ0n) is 11.2. The van der Waals surface area contributed by atoms with Crippen molar-refractivity contribution in [3.63, 3.8) is 0 Å². The maximum absolute atomic E-state index is 6.32. The molecule has 0 amide bonds. The standard InChI is InChI=1S/C16H16ClNO2/c1-18-15(11-5-2-3-7-13(11)17)12-6-4-8-14-16(12)20-10-9-19-14/h2-8,15,18H,9-10H2,1H3. The predicted molar refractivity (Wildman–Crippen MR) is 79.8 cm³/mol. The van der Waals surface area contributed by atoms with E-state index in [1.54, 1.807) is 0 Å². The van der Waals surface area contributed by atoms with Gasteiger partial charge in [-0.3, -0.25) is 0 Å². The highest BCUT2D eigenvalue weighted by Crippen LogP contribution is 2.40. The first-order valence-corrected chi connectivity index (χ1v) is 6.99. The third kappa shape index (κ3) is 2.35. The molecule has 0 saturated carbocycles. The molecule has 1 aliphatic rings. The topological polar surface area (TPSA) is 30.5 Å². The third-order valence-corrected chi connectivity index (χ3v) is 3.76. The fourth-order valence-electron chi connectivity index (χ4n) is 2.51. The zero-order chi connectivity index (χ0) is 13.9. The Morgan fingerprint density at radius 3 is 2.55 bits per heavy atom. The van der Waals surface area contributed by atoms with Crippen LogP contribution in [0.2, 0.25) is 5.02 Å². The van der Waals surface area contributed by atoms with Crippen molar-refractivity contribution in [1.82, 2.24) is 5.32 Å². The number of hydrogen-bond donors (Lipinski definition) is 1. The van der Waals surface area contributed by atoms with Gasteiger partial charge in [-0.25, -0.2) is 0 Å². The summed E-state index contributed by atoms with van der Waals surface area (Å²) in [6, 6.07) is 13.7. The van der Waals surface area contributed by atoms with E-state index >= 15 is 0 Å². The van der Waals surface area contributed by atoms with Gasteiger partial charge in [-0.05, 0) is 24.7 Å². The minimum atomic E-state index is -0.0275. The Kier molecular flexibility index (Phi) is 3.81. The molecule has 3 nitrogen and oxygen atoms in total. The molecule has 2 aromatic rings. The van der Waals surface area contributed by atoms with Crippen molar-refractivity contribution >= 4 is 11.6 Å². The number of benzene rings is 2. The van der Waals surface area contributed by atoms with Gasteiger partial charge in [-0.1, -0.05) is 41.9 Å². The van der Waals surface area contributed by atoms with Gasteiger partial charge in [0.25, 0.3) is 0 Å². The lowest BCUT2D eigenvalue weighted by atomic mass is 9.97. The summed E-state index contributed by atoms with van der Waals surface area (Å²) in [7, 11) is 1.91. The van der Waals surface area contributed by atoms with Gasteiger partial charge in [0, 0.05) is 10.6 Å². The van der Waals surface area contributed by atoms with E-state index in [1.165, 1.54) is 0 Å². The minimum Gasteiger partial charge on any atom is -0.486 e. The molecule has 0 aliphatic carbocycles. The van der Waals surface area contributed by atoms with E-state index in [0.717, 1.165) is 27.6 Å². The van der Waals surface area contributed by atoms with Gasteiger partial charge in [0.2, 0.25) is 0 Å². The lowest BCUT2D eigenvalue weighted by Crippen LogP contribution is -2.22. The van der Waals surface area contributed by atoms with Crippen LogP contribution in [-0.2, 0) is 0 Å². The van der Waals surface area contributed by atoms with E-state index in [-0.39, 0.29) is 6.04 Å². The summed E-state index contributed by atoms with van der Waals surface area (Å²) in [5, 5.41) is 4.04. The predicted octanol–water partition coefficient (Wildman–Crippen LogP) is 3.42. The Morgan fingerprint density at radius 2 is 1.75 bits per heavy atom. The monoisotopic (exact) mass is 289 g/mol. The van der Waals surface area contributed by atoms with Crippen LogP contribution in [0, 0.1) is 0 Å². The Hall–Kier alpha value is -1.71. The summed E-state index contributed by atoms with van der Waals surface area (Å²) in [5.41, 5.74) is 2.07. The molecule has 1 atom stereocenters. The molecular formula is C16H16ClNO2. The molecule has 0 fully saturated rings. The van der Waals surface area contributed by atoms with Crippen molar-refractivity contribution in [3.8, 4) is 11.5 Å². The molecule has 3 rings (SSSR count). The van der Waals surface area contributed by atoms with Crippen LogP contribution in [0.5, 0.6) is 11.5 Å². The summed E-state index contributed by atoms with van der Waals surface area (Å²) < 4.78 is 11.4.